The van der Waals surface area contributed by atoms with E-state index in [9.17, 15) is 4.79 Å². The van der Waals surface area contributed by atoms with Gasteiger partial charge in [0.1, 0.15) is 11.5 Å². The number of carbonyl (C=O) groups is 1. The second-order valence-corrected chi connectivity index (χ2v) is 10.3. The summed E-state index contributed by atoms with van der Waals surface area (Å²) < 4.78 is 11.4. The third-order valence-electron chi connectivity index (χ3n) is 8.04. The molecule has 2 fully saturated rings. The number of fused-ring (bicyclic) bond motifs is 1. The molecule has 0 unspecified atom stereocenters. The van der Waals surface area contributed by atoms with Gasteiger partial charge < -0.3 is 9.47 Å². The molecule has 0 N–H and O–H groups in total. The third kappa shape index (κ3) is 4.51. The van der Waals surface area contributed by atoms with Crippen molar-refractivity contribution in [3.8, 4) is 5.75 Å². The summed E-state index contributed by atoms with van der Waals surface area (Å²) in [6.45, 7) is 6.00. The van der Waals surface area contributed by atoms with E-state index in [1.165, 1.54) is 38.5 Å². The molecule has 4 rings (SSSR count). The Hall–Kier alpha value is -1.61. The Morgan fingerprint density at radius 1 is 1.10 bits per heavy atom. The van der Waals surface area contributed by atoms with Gasteiger partial charge in [-0.15, -0.1) is 0 Å². The first-order valence-electron chi connectivity index (χ1n) is 11.9. The first-order valence-corrected chi connectivity index (χ1v) is 11.9. The van der Waals surface area contributed by atoms with E-state index in [1.807, 2.05) is 12.1 Å². The van der Waals surface area contributed by atoms with E-state index in [1.54, 1.807) is 12.7 Å². The summed E-state index contributed by atoms with van der Waals surface area (Å²) in [5, 5.41) is 0. The van der Waals surface area contributed by atoms with Crippen LogP contribution in [0.25, 0.3) is 0 Å². The van der Waals surface area contributed by atoms with Crippen molar-refractivity contribution >= 4 is 5.78 Å². The van der Waals surface area contributed by atoms with Gasteiger partial charge in [0, 0.05) is 12.3 Å². The molecule has 5 atom stereocenters. The maximum absolute atomic E-state index is 13.4. The molecular formula is C27H38O3. The van der Waals surface area contributed by atoms with Crippen molar-refractivity contribution < 1.29 is 14.3 Å². The lowest BCUT2D eigenvalue weighted by Crippen LogP contribution is -2.41. The fourth-order valence-corrected chi connectivity index (χ4v) is 6.67. The van der Waals surface area contributed by atoms with E-state index >= 15 is 0 Å². The Morgan fingerprint density at radius 3 is 2.67 bits per heavy atom. The van der Waals surface area contributed by atoms with Crippen LogP contribution < -0.4 is 4.74 Å². The van der Waals surface area contributed by atoms with Crippen molar-refractivity contribution in [3.05, 3.63) is 41.5 Å². The first-order chi connectivity index (χ1) is 14.5. The number of ketones is 1. The third-order valence-corrected chi connectivity index (χ3v) is 8.04. The van der Waals surface area contributed by atoms with Crippen molar-refractivity contribution in [2.24, 2.45) is 29.1 Å². The van der Waals surface area contributed by atoms with E-state index in [0.717, 1.165) is 24.2 Å². The number of rotatable bonds is 6. The molecule has 0 saturated heterocycles. The number of hydrogen-bond acceptors (Lipinski definition) is 3. The smallest absolute Gasteiger partial charge is 0.137 e. The van der Waals surface area contributed by atoms with Crippen LogP contribution in [-0.2, 0) is 16.1 Å². The number of hydrogen-bond donors (Lipinski definition) is 0. The van der Waals surface area contributed by atoms with Gasteiger partial charge in [-0.05, 0) is 79.4 Å². The van der Waals surface area contributed by atoms with Crippen LogP contribution in [0.3, 0.4) is 0 Å². The highest BCUT2D eigenvalue weighted by atomic mass is 16.5. The van der Waals surface area contributed by atoms with E-state index in [-0.39, 0.29) is 11.3 Å². The summed E-state index contributed by atoms with van der Waals surface area (Å²) in [5.41, 5.74) is 2.88. The van der Waals surface area contributed by atoms with Crippen molar-refractivity contribution in [2.45, 2.75) is 71.8 Å². The van der Waals surface area contributed by atoms with Gasteiger partial charge in [-0.3, -0.25) is 4.79 Å². The van der Waals surface area contributed by atoms with Gasteiger partial charge in [-0.25, -0.2) is 0 Å². The van der Waals surface area contributed by atoms with Gasteiger partial charge in [0.05, 0.1) is 20.3 Å². The van der Waals surface area contributed by atoms with Gasteiger partial charge in [-0.1, -0.05) is 44.1 Å². The van der Waals surface area contributed by atoms with Gasteiger partial charge in [-0.2, -0.15) is 0 Å². The molecule has 0 heterocycles. The average molecular weight is 411 g/mol. The van der Waals surface area contributed by atoms with E-state index in [4.69, 9.17) is 9.47 Å². The van der Waals surface area contributed by atoms with Crippen LogP contribution in [0.4, 0.5) is 0 Å². The van der Waals surface area contributed by atoms with Crippen molar-refractivity contribution in [1.82, 2.24) is 0 Å². The maximum Gasteiger partial charge on any atom is 0.137 e. The molecular weight excluding hydrogens is 372 g/mol. The number of benzene rings is 1. The molecule has 1 aromatic carbocycles. The molecule has 30 heavy (non-hydrogen) atoms. The van der Waals surface area contributed by atoms with Gasteiger partial charge in [0.25, 0.3) is 0 Å². The zero-order chi connectivity index (χ0) is 21.1. The van der Waals surface area contributed by atoms with Crippen molar-refractivity contribution in [3.63, 3.8) is 0 Å². The molecule has 1 aromatic rings. The lowest BCUT2D eigenvalue weighted by Gasteiger charge is -2.42. The van der Waals surface area contributed by atoms with Crippen LogP contribution in [0.5, 0.6) is 5.75 Å². The molecule has 0 aliphatic heterocycles. The van der Waals surface area contributed by atoms with E-state index in [2.05, 4.69) is 32.1 Å². The Balaban J connectivity index is 1.39. The summed E-state index contributed by atoms with van der Waals surface area (Å²) in [6.07, 6.45) is 11.9. The molecule has 2 saturated carbocycles. The highest BCUT2D eigenvalue weighted by Crippen LogP contribution is 2.58. The Bertz CT molecular complexity index is 765. The minimum absolute atomic E-state index is 0.140. The van der Waals surface area contributed by atoms with Crippen molar-refractivity contribution in [1.29, 1.82) is 0 Å². The van der Waals surface area contributed by atoms with E-state index in [0.29, 0.717) is 36.8 Å². The molecule has 0 spiro atoms. The molecule has 0 radical (unpaired) electrons. The molecule has 0 bridgehead atoms. The molecule has 3 nitrogen and oxygen atoms in total. The van der Waals surface area contributed by atoms with E-state index < -0.39 is 0 Å². The minimum Gasteiger partial charge on any atom is -0.497 e. The summed E-state index contributed by atoms with van der Waals surface area (Å²) >= 11 is 0. The Morgan fingerprint density at radius 2 is 1.90 bits per heavy atom. The van der Waals surface area contributed by atoms with Crippen LogP contribution >= 0.6 is 0 Å². The van der Waals surface area contributed by atoms with Gasteiger partial charge in [0.2, 0.25) is 0 Å². The topological polar surface area (TPSA) is 35.5 Å². The predicted octanol–water partition coefficient (Wildman–Crippen LogP) is 6.36. The molecule has 3 aliphatic rings. The molecule has 3 heteroatoms. The maximum atomic E-state index is 13.4. The number of allylic oxidation sites excluding steroid dienone is 2. The highest BCUT2D eigenvalue weighted by molar-refractivity contribution is 5.84. The molecule has 0 aromatic heterocycles. The summed E-state index contributed by atoms with van der Waals surface area (Å²) in [4.78, 5) is 13.4. The zero-order valence-corrected chi connectivity index (χ0v) is 19.0. The molecule has 164 valence electrons. The van der Waals surface area contributed by atoms with Crippen LogP contribution in [0.15, 0.2) is 35.9 Å². The summed E-state index contributed by atoms with van der Waals surface area (Å²) in [7, 11) is 1.68. The van der Waals surface area contributed by atoms with Crippen LogP contribution in [0.2, 0.25) is 0 Å². The number of ether oxygens (including phenoxy) is 2. The SMILES string of the molecule is COc1ccc(COC[C@@H]2[C@@H](C)C[C@@]3(C)C[C@@H](C4=CCCCCC4)CC(=O)[C@@H]23)cc1. The normalized spacial score (nSPS) is 34.2. The predicted molar refractivity (Wildman–Crippen MR) is 120 cm³/mol. The number of methoxy groups -OCH3 is 1. The minimum atomic E-state index is 0.140. The lowest BCUT2D eigenvalue weighted by atomic mass is 9.62. The standard InChI is InChI=1S/C27H38O3/c1-19-15-27(2)16-22(21-8-6-4-5-7-9-21)14-25(28)26(27)24(19)18-30-17-20-10-12-23(29-3)13-11-20/h8,10-13,19,22,24,26H,4-7,9,14-18H2,1-3H3/t19-,22-,24+,26+,27-/m0/s1. The molecule has 3 aliphatic carbocycles. The second kappa shape index (κ2) is 9.26. The van der Waals surface area contributed by atoms with Crippen LogP contribution in [0, 0.1) is 29.1 Å². The summed E-state index contributed by atoms with van der Waals surface area (Å²) in [6, 6.07) is 8.05. The first kappa shape index (κ1) is 21.6. The van der Waals surface area contributed by atoms with Crippen LogP contribution in [-0.4, -0.2) is 19.5 Å². The number of Topliss-reactive ketones (excluding diaryl/α,β-unsaturated/α-hetero) is 1. The van der Waals surface area contributed by atoms with Gasteiger partial charge >= 0.3 is 0 Å². The summed E-state index contributed by atoms with van der Waals surface area (Å²) in [5.74, 6) is 2.92. The molecule has 0 amide bonds. The lowest BCUT2D eigenvalue weighted by molar-refractivity contribution is -0.133. The monoisotopic (exact) mass is 410 g/mol. The fourth-order valence-electron chi connectivity index (χ4n) is 6.67. The Labute approximate surface area is 182 Å². The van der Waals surface area contributed by atoms with Crippen LogP contribution in [0.1, 0.15) is 70.8 Å². The largest absolute Gasteiger partial charge is 0.497 e. The highest BCUT2D eigenvalue weighted by Gasteiger charge is 2.55. The van der Waals surface area contributed by atoms with Gasteiger partial charge in [0.15, 0.2) is 0 Å². The number of carbonyl (C=O) groups excluding carboxylic acids is 1. The quantitative estimate of drug-likeness (QED) is 0.512. The fraction of sp³-hybridized carbons (Fsp3) is 0.667. The average Bonchev–Trinajstić information content (AvgIpc) is 2.90. The van der Waals surface area contributed by atoms with Crippen molar-refractivity contribution in [2.75, 3.05) is 13.7 Å². The Kier molecular flexibility index (Phi) is 6.67. The zero-order valence-electron chi connectivity index (χ0n) is 19.0. The second-order valence-electron chi connectivity index (χ2n) is 10.3.